The van der Waals surface area contributed by atoms with E-state index in [0.29, 0.717) is 16.7 Å². The molecule has 3 aromatic rings. The van der Waals surface area contributed by atoms with E-state index in [1.165, 1.54) is 0 Å². The fourth-order valence-electron chi connectivity index (χ4n) is 3.13. The van der Waals surface area contributed by atoms with Crippen molar-refractivity contribution in [3.05, 3.63) is 51.1 Å². The van der Waals surface area contributed by atoms with Gasteiger partial charge in [0, 0.05) is 29.3 Å². The number of aromatic hydroxyl groups is 1. The first kappa shape index (κ1) is 18.4. The normalized spacial score (nSPS) is 12.0. The van der Waals surface area contributed by atoms with E-state index in [9.17, 15) is 10.3 Å². The Bertz CT molecular complexity index is 1020. The van der Waals surface area contributed by atoms with E-state index < -0.39 is 0 Å². The summed E-state index contributed by atoms with van der Waals surface area (Å²) in [5.74, 6) is 0.750. The number of furan rings is 1. The van der Waals surface area contributed by atoms with Crippen molar-refractivity contribution in [3.8, 4) is 28.0 Å². The van der Waals surface area contributed by atoms with Gasteiger partial charge in [-0.05, 0) is 59.1 Å². The highest BCUT2D eigenvalue weighted by Crippen LogP contribution is 2.46. The Morgan fingerprint density at radius 3 is 2.31 bits per heavy atom. The van der Waals surface area contributed by atoms with Crippen molar-refractivity contribution in [3.63, 3.8) is 0 Å². The third kappa shape index (κ3) is 2.77. The molecule has 0 bridgehead atoms. The molecule has 0 spiro atoms. The number of rotatable bonds is 3. The molecule has 1 aromatic carbocycles. The largest absolute Gasteiger partial charge is 0.508 e. The molecular formula is C18H17BrClN3O3. The van der Waals surface area contributed by atoms with Crippen molar-refractivity contribution in [1.82, 2.24) is 4.57 Å². The van der Waals surface area contributed by atoms with E-state index in [1.54, 1.807) is 35.9 Å². The monoisotopic (exact) mass is 437 g/mol. The molecule has 6 nitrogen and oxygen atoms in total. The van der Waals surface area contributed by atoms with Crippen LogP contribution >= 0.6 is 27.5 Å². The van der Waals surface area contributed by atoms with E-state index in [-0.39, 0.29) is 11.6 Å². The van der Waals surface area contributed by atoms with Crippen molar-refractivity contribution >= 4 is 33.4 Å². The van der Waals surface area contributed by atoms with Crippen LogP contribution in [0.1, 0.15) is 17.0 Å². The zero-order chi connectivity index (χ0) is 19.2. The number of oxime groups is 1. The van der Waals surface area contributed by atoms with Crippen LogP contribution in [0.2, 0.25) is 5.22 Å². The maximum atomic E-state index is 9.62. The Labute approximate surface area is 163 Å². The van der Waals surface area contributed by atoms with E-state index in [1.807, 2.05) is 13.8 Å². The SMILES string of the molecule is Cc1oc(Cl)c(C)c1-c1c(-c2ccc(O)cc2)c(Br)n(C)c1/C(N)=N/O. The summed E-state index contributed by atoms with van der Waals surface area (Å²) in [4.78, 5) is 0. The molecular weight excluding hydrogens is 422 g/mol. The van der Waals surface area contributed by atoms with Crippen molar-refractivity contribution in [2.45, 2.75) is 13.8 Å². The number of nitrogens with two attached hydrogens (primary N) is 1. The van der Waals surface area contributed by atoms with Gasteiger partial charge in [0.15, 0.2) is 11.1 Å². The molecule has 0 aliphatic heterocycles. The molecule has 0 saturated carbocycles. The minimum absolute atomic E-state index is 0.0376. The molecule has 8 heteroatoms. The molecule has 0 unspecified atom stereocenters. The van der Waals surface area contributed by atoms with Gasteiger partial charge in [0.2, 0.25) is 0 Å². The number of halogens is 2. The first-order chi connectivity index (χ1) is 12.3. The Hall–Kier alpha value is -2.38. The Balaban J connectivity index is 2.47. The van der Waals surface area contributed by atoms with E-state index in [4.69, 9.17) is 21.8 Å². The van der Waals surface area contributed by atoms with Crippen LogP contribution in [0.5, 0.6) is 5.75 Å². The maximum absolute atomic E-state index is 9.62. The number of amidine groups is 1. The molecule has 136 valence electrons. The summed E-state index contributed by atoms with van der Waals surface area (Å²) in [6.07, 6.45) is 0. The highest BCUT2D eigenvalue weighted by molar-refractivity contribution is 9.10. The van der Waals surface area contributed by atoms with E-state index in [2.05, 4.69) is 21.1 Å². The second kappa shape index (κ2) is 6.74. The van der Waals surface area contributed by atoms with Gasteiger partial charge in [-0.1, -0.05) is 17.3 Å². The van der Waals surface area contributed by atoms with E-state index >= 15 is 0 Å². The third-order valence-electron chi connectivity index (χ3n) is 4.34. The van der Waals surface area contributed by atoms with Crippen molar-refractivity contribution in [2.75, 3.05) is 0 Å². The summed E-state index contributed by atoms with van der Waals surface area (Å²) >= 11 is 9.79. The average Bonchev–Trinajstić information content (AvgIpc) is 3.01. The standard InChI is InChI=1S/C18H17BrClN3O3/c1-8-12(9(2)26-17(8)20)14-13(10-4-6-11(24)7-5-10)16(19)23(3)15(14)18(21)22-25/h4-7,24-25H,1-3H3,(H2,21,22). The number of phenolic OH excluding ortho intramolecular Hbond substituents is 1. The number of benzene rings is 1. The van der Waals surface area contributed by atoms with Crippen LogP contribution in [0.3, 0.4) is 0 Å². The van der Waals surface area contributed by atoms with Crippen LogP contribution in [-0.2, 0) is 7.05 Å². The number of hydrogen-bond donors (Lipinski definition) is 3. The fraction of sp³-hybridized carbons (Fsp3) is 0.167. The minimum Gasteiger partial charge on any atom is -0.508 e. The van der Waals surface area contributed by atoms with Gasteiger partial charge in [0.1, 0.15) is 11.5 Å². The Kier molecular flexibility index (Phi) is 4.77. The van der Waals surface area contributed by atoms with Gasteiger partial charge in [-0.25, -0.2) is 0 Å². The Morgan fingerprint density at radius 2 is 1.81 bits per heavy atom. The van der Waals surface area contributed by atoms with Crippen LogP contribution in [0.15, 0.2) is 38.4 Å². The van der Waals surface area contributed by atoms with Gasteiger partial charge < -0.3 is 25.0 Å². The van der Waals surface area contributed by atoms with Crippen molar-refractivity contribution in [2.24, 2.45) is 17.9 Å². The second-order valence-electron chi connectivity index (χ2n) is 5.91. The highest BCUT2D eigenvalue weighted by atomic mass is 79.9. The molecule has 2 heterocycles. The fourth-order valence-corrected chi connectivity index (χ4v) is 3.94. The number of nitrogens with zero attached hydrogens (tertiary/aromatic N) is 2. The second-order valence-corrected chi connectivity index (χ2v) is 7.01. The molecule has 0 atom stereocenters. The summed E-state index contributed by atoms with van der Waals surface area (Å²) in [7, 11) is 1.80. The zero-order valence-corrected chi connectivity index (χ0v) is 16.7. The topological polar surface area (TPSA) is 96.9 Å². The van der Waals surface area contributed by atoms with E-state index in [0.717, 1.165) is 32.4 Å². The lowest BCUT2D eigenvalue weighted by atomic mass is 9.94. The summed E-state index contributed by atoms with van der Waals surface area (Å²) in [6, 6.07) is 6.79. The van der Waals surface area contributed by atoms with Crippen LogP contribution < -0.4 is 5.73 Å². The summed E-state index contributed by atoms with van der Waals surface area (Å²) in [5, 5.41) is 22.4. The predicted molar refractivity (Wildman–Crippen MR) is 105 cm³/mol. The number of phenols is 1. The lowest BCUT2D eigenvalue weighted by Crippen LogP contribution is -2.18. The number of hydrogen-bond acceptors (Lipinski definition) is 4. The van der Waals surface area contributed by atoms with Gasteiger partial charge in [-0.15, -0.1) is 0 Å². The van der Waals surface area contributed by atoms with Crippen LogP contribution in [0.25, 0.3) is 22.3 Å². The predicted octanol–water partition coefficient (Wildman–Crippen LogP) is 4.78. The van der Waals surface area contributed by atoms with Crippen molar-refractivity contribution < 1.29 is 14.7 Å². The molecule has 0 aliphatic carbocycles. The molecule has 2 aromatic heterocycles. The van der Waals surface area contributed by atoms with Crippen LogP contribution in [-0.4, -0.2) is 20.7 Å². The van der Waals surface area contributed by atoms with Crippen LogP contribution in [0.4, 0.5) is 0 Å². The first-order valence-corrected chi connectivity index (χ1v) is 8.86. The van der Waals surface area contributed by atoms with Crippen molar-refractivity contribution in [1.29, 1.82) is 0 Å². The summed E-state index contributed by atoms with van der Waals surface area (Å²) in [6.45, 7) is 3.66. The van der Waals surface area contributed by atoms with Gasteiger partial charge in [0.25, 0.3) is 0 Å². The molecule has 26 heavy (non-hydrogen) atoms. The quantitative estimate of drug-likeness (QED) is 0.237. The van der Waals surface area contributed by atoms with Crippen LogP contribution in [0, 0.1) is 13.8 Å². The minimum atomic E-state index is -0.0376. The molecule has 0 aliphatic rings. The van der Waals surface area contributed by atoms with Gasteiger partial charge in [-0.2, -0.15) is 0 Å². The highest BCUT2D eigenvalue weighted by Gasteiger charge is 2.29. The summed E-state index contributed by atoms with van der Waals surface area (Å²) in [5.41, 5.74) is 10.4. The zero-order valence-electron chi connectivity index (χ0n) is 14.3. The molecule has 3 rings (SSSR count). The molecule has 0 radical (unpaired) electrons. The average molecular weight is 439 g/mol. The number of aryl methyl sites for hydroxylation is 1. The van der Waals surface area contributed by atoms with Gasteiger partial charge in [-0.3, -0.25) is 0 Å². The Morgan fingerprint density at radius 1 is 1.19 bits per heavy atom. The molecule has 0 amide bonds. The van der Waals surface area contributed by atoms with Gasteiger partial charge >= 0.3 is 0 Å². The van der Waals surface area contributed by atoms with Gasteiger partial charge in [0.05, 0.1) is 10.3 Å². The molecule has 4 N–H and O–H groups in total. The third-order valence-corrected chi connectivity index (χ3v) is 5.63. The summed E-state index contributed by atoms with van der Waals surface area (Å²) < 4.78 is 8.10. The lowest BCUT2D eigenvalue weighted by Gasteiger charge is -2.09. The molecule has 0 fully saturated rings. The maximum Gasteiger partial charge on any atom is 0.196 e. The first-order valence-electron chi connectivity index (χ1n) is 7.69. The molecule has 0 saturated heterocycles. The smallest absolute Gasteiger partial charge is 0.196 e. The lowest BCUT2D eigenvalue weighted by molar-refractivity contribution is 0.318. The number of aromatic nitrogens is 1.